The minimum absolute atomic E-state index is 0.229. The molecule has 1 saturated heterocycles. The number of aromatic nitrogens is 1. The minimum atomic E-state index is -0.574. The molecule has 188 valence electrons. The molecule has 9 heteroatoms. The van der Waals surface area contributed by atoms with Crippen molar-refractivity contribution in [2.75, 3.05) is 44.2 Å². The normalized spacial score (nSPS) is 15.7. The summed E-state index contributed by atoms with van der Waals surface area (Å²) < 4.78 is 16.9. The summed E-state index contributed by atoms with van der Waals surface area (Å²) in [7, 11) is 0. The van der Waals surface area contributed by atoms with Gasteiger partial charge in [-0.2, -0.15) is 4.37 Å². The van der Waals surface area contributed by atoms with Crippen LogP contribution in [0.15, 0.2) is 48.5 Å². The molecule has 2 heterocycles. The van der Waals surface area contributed by atoms with Gasteiger partial charge in [0.1, 0.15) is 29.9 Å². The number of carbonyl (C=O) groups is 1. The van der Waals surface area contributed by atoms with Crippen molar-refractivity contribution in [3.63, 3.8) is 0 Å². The fraction of sp³-hybridized carbons (Fsp3) is 0.462. The summed E-state index contributed by atoms with van der Waals surface area (Å²) in [6, 6.07) is 15.8. The van der Waals surface area contributed by atoms with Crippen LogP contribution in [0.5, 0.6) is 5.75 Å². The second-order valence-electron chi connectivity index (χ2n) is 9.75. The van der Waals surface area contributed by atoms with Crippen molar-refractivity contribution in [1.82, 2.24) is 14.6 Å². The van der Waals surface area contributed by atoms with Crippen LogP contribution in [-0.4, -0.2) is 71.5 Å². The number of fused-ring (bicyclic) bond motifs is 1. The maximum absolute atomic E-state index is 11.8. The van der Waals surface area contributed by atoms with Crippen LogP contribution in [0.25, 0.3) is 10.1 Å². The zero-order chi connectivity index (χ0) is 24.8. The summed E-state index contributed by atoms with van der Waals surface area (Å²) in [5, 5.41) is 14.4. The average Bonchev–Trinajstić information content (AvgIpc) is 3.26. The Bertz CT molecular complexity index is 1100. The van der Waals surface area contributed by atoms with Gasteiger partial charge >= 0.3 is 6.09 Å². The van der Waals surface area contributed by atoms with Gasteiger partial charge in [0.25, 0.3) is 0 Å². The first-order valence-corrected chi connectivity index (χ1v) is 12.7. The molecule has 3 aromatic rings. The van der Waals surface area contributed by atoms with Gasteiger partial charge in [0.15, 0.2) is 0 Å². The number of alkyl carbamates (subject to hydrolysis) is 1. The molecule has 4 rings (SSSR count). The van der Waals surface area contributed by atoms with E-state index in [-0.39, 0.29) is 6.61 Å². The van der Waals surface area contributed by atoms with E-state index < -0.39 is 17.8 Å². The summed E-state index contributed by atoms with van der Waals surface area (Å²) in [4.78, 5) is 16.4. The number of amides is 1. The number of aliphatic hydroxyl groups is 1. The molecule has 1 unspecified atom stereocenters. The Morgan fingerprint density at radius 2 is 1.83 bits per heavy atom. The number of aliphatic hydroxyl groups excluding tert-OH is 1. The van der Waals surface area contributed by atoms with E-state index >= 15 is 0 Å². The predicted octanol–water partition coefficient (Wildman–Crippen LogP) is 3.88. The number of ether oxygens (including phenoxy) is 2. The van der Waals surface area contributed by atoms with Crippen molar-refractivity contribution in [2.45, 2.75) is 39.0 Å². The summed E-state index contributed by atoms with van der Waals surface area (Å²) >= 11 is 1.54. The summed E-state index contributed by atoms with van der Waals surface area (Å²) in [6.45, 7) is 10.2. The van der Waals surface area contributed by atoms with E-state index in [4.69, 9.17) is 9.47 Å². The molecule has 1 aliphatic heterocycles. The summed E-state index contributed by atoms with van der Waals surface area (Å²) in [5.41, 5.74) is 0.418. The number of rotatable bonds is 8. The van der Waals surface area contributed by atoms with Crippen LogP contribution in [0.4, 0.5) is 10.6 Å². The van der Waals surface area contributed by atoms with Gasteiger partial charge in [-0.3, -0.25) is 4.90 Å². The smallest absolute Gasteiger partial charge is 0.407 e. The quantitative estimate of drug-likeness (QED) is 0.487. The van der Waals surface area contributed by atoms with Crippen LogP contribution in [0.2, 0.25) is 0 Å². The number of nitrogens with one attached hydrogen (secondary N) is 1. The fourth-order valence-electron chi connectivity index (χ4n) is 3.98. The van der Waals surface area contributed by atoms with Crippen molar-refractivity contribution in [1.29, 1.82) is 0 Å². The SMILES string of the molecule is CC(C)(C)OC(=O)NCc1ccc(OCC(O)CN2CCN(c3nsc4ccccc34)CC2)cc1. The molecule has 1 atom stereocenters. The average molecular weight is 499 g/mol. The molecule has 2 aromatic carbocycles. The van der Waals surface area contributed by atoms with Gasteiger partial charge in [0.2, 0.25) is 0 Å². The molecule has 0 saturated carbocycles. The van der Waals surface area contributed by atoms with E-state index in [1.807, 2.05) is 51.1 Å². The van der Waals surface area contributed by atoms with Crippen LogP contribution in [0, 0.1) is 0 Å². The highest BCUT2D eigenvalue weighted by molar-refractivity contribution is 7.13. The second kappa shape index (κ2) is 11.2. The van der Waals surface area contributed by atoms with Crippen molar-refractivity contribution in [2.24, 2.45) is 0 Å². The summed E-state index contributed by atoms with van der Waals surface area (Å²) in [5.74, 6) is 1.75. The molecule has 2 N–H and O–H groups in total. The van der Waals surface area contributed by atoms with Gasteiger partial charge in [-0.1, -0.05) is 24.3 Å². The van der Waals surface area contributed by atoms with Crippen LogP contribution in [0.3, 0.4) is 0 Å². The predicted molar refractivity (Wildman–Crippen MR) is 139 cm³/mol. The number of anilines is 1. The molecule has 35 heavy (non-hydrogen) atoms. The van der Waals surface area contributed by atoms with Gasteiger partial charge < -0.3 is 24.8 Å². The van der Waals surface area contributed by atoms with E-state index in [1.165, 1.54) is 10.1 Å². The fourth-order valence-corrected chi connectivity index (χ4v) is 4.77. The molecule has 1 aliphatic rings. The Hall–Kier alpha value is -2.88. The van der Waals surface area contributed by atoms with Crippen LogP contribution in [-0.2, 0) is 11.3 Å². The lowest BCUT2D eigenvalue weighted by atomic mass is 10.2. The molecule has 0 aliphatic carbocycles. The Morgan fingerprint density at radius 1 is 1.11 bits per heavy atom. The highest BCUT2D eigenvalue weighted by atomic mass is 32.1. The Morgan fingerprint density at radius 3 is 2.54 bits per heavy atom. The highest BCUT2D eigenvalue weighted by Crippen LogP contribution is 2.29. The second-order valence-corrected chi connectivity index (χ2v) is 10.6. The van der Waals surface area contributed by atoms with E-state index in [0.717, 1.165) is 37.6 Å². The van der Waals surface area contributed by atoms with Crippen LogP contribution in [0.1, 0.15) is 26.3 Å². The molecule has 0 bridgehead atoms. The Kier molecular flexibility index (Phi) is 8.10. The van der Waals surface area contributed by atoms with Gasteiger partial charge in [-0.05, 0) is 62.1 Å². The van der Waals surface area contributed by atoms with Gasteiger partial charge in [0, 0.05) is 44.7 Å². The van der Waals surface area contributed by atoms with Gasteiger partial charge in [-0.25, -0.2) is 4.79 Å². The molecular formula is C26H34N4O4S. The lowest BCUT2D eigenvalue weighted by molar-refractivity contribution is 0.0523. The standard InChI is InChI=1S/C26H34N4O4S/c1-26(2,3)34-25(32)27-16-19-8-10-21(11-9-19)33-18-20(31)17-29-12-14-30(15-13-29)24-22-6-4-5-7-23(22)35-28-24/h4-11,20,31H,12-18H2,1-3H3,(H,27,32). The Balaban J connectivity index is 1.16. The first-order chi connectivity index (χ1) is 16.8. The summed E-state index contributed by atoms with van der Waals surface area (Å²) in [6.07, 6.45) is -1.02. The molecule has 1 fully saturated rings. The third-order valence-corrected chi connectivity index (χ3v) is 6.52. The number of benzene rings is 2. The van der Waals surface area contributed by atoms with E-state index in [9.17, 15) is 9.90 Å². The van der Waals surface area contributed by atoms with Crippen LogP contribution >= 0.6 is 11.5 Å². The lowest BCUT2D eigenvalue weighted by Gasteiger charge is -2.35. The Labute approximate surface area is 210 Å². The number of β-amino-alcohol motifs (C(OH)–C–C–N with tert-alkyl or cyclic N) is 1. The zero-order valence-electron chi connectivity index (χ0n) is 20.6. The number of nitrogens with zero attached hydrogens (tertiary/aromatic N) is 3. The van der Waals surface area contributed by atoms with Crippen molar-refractivity contribution < 1.29 is 19.4 Å². The van der Waals surface area contributed by atoms with Gasteiger partial charge in [-0.15, -0.1) is 0 Å². The van der Waals surface area contributed by atoms with E-state index in [0.29, 0.717) is 18.8 Å². The topological polar surface area (TPSA) is 87.2 Å². The molecule has 0 radical (unpaired) electrons. The molecular weight excluding hydrogens is 464 g/mol. The minimum Gasteiger partial charge on any atom is -0.491 e. The number of hydrogen-bond donors (Lipinski definition) is 2. The molecule has 1 aromatic heterocycles. The first kappa shape index (κ1) is 25.2. The monoisotopic (exact) mass is 498 g/mol. The van der Waals surface area contributed by atoms with Crippen molar-refractivity contribution in [3.05, 3.63) is 54.1 Å². The third kappa shape index (κ3) is 7.30. The van der Waals surface area contributed by atoms with Gasteiger partial charge in [0.05, 0.1) is 4.70 Å². The third-order valence-electron chi connectivity index (χ3n) is 5.70. The highest BCUT2D eigenvalue weighted by Gasteiger charge is 2.22. The molecule has 0 spiro atoms. The van der Waals surface area contributed by atoms with Crippen LogP contribution < -0.4 is 15.0 Å². The number of piperazine rings is 1. The number of carbonyl (C=O) groups excluding carboxylic acids is 1. The maximum atomic E-state index is 11.8. The van der Waals surface area contributed by atoms with Crippen molar-refractivity contribution in [3.8, 4) is 5.75 Å². The van der Waals surface area contributed by atoms with Crippen molar-refractivity contribution >= 4 is 33.5 Å². The first-order valence-electron chi connectivity index (χ1n) is 12.0. The maximum Gasteiger partial charge on any atom is 0.407 e. The molecule has 1 amide bonds. The number of hydrogen-bond acceptors (Lipinski definition) is 8. The largest absolute Gasteiger partial charge is 0.491 e. The van der Waals surface area contributed by atoms with E-state index in [2.05, 4.69) is 37.7 Å². The molecule has 8 nitrogen and oxygen atoms in total. The van der Waals surface area contributed by atoms with E-state index in [1.54, 1.807) is 11.5 Å². The lowest BCUT2D eigenvalue weighted by Crippen LogP contribution is -2.49. The zero-order valence-corrected chi connectivity index (χ0v) is 21.4.